The molecular formula is C11H12N6. The van der Waals surface area contributed by atoms with E-state index in [1.807, 2.05) is 0 Å². The Kier molecular flexibility index (Phi) is 1.62. The second kappa shape index (κ2) is 3.03. The Balaban J connectivity index is 1.73. The van der Waals surface area contributed by atoms with Gasteiger partial charge in [-0.05, 0) is 30.4 Å². The van der Waals surface area contributed by atoms with Crippen LogP contribution in [0, 0.1) is 11.8 Å². The predicted molar refractivity (Wildman–Crippen MR) is 60.0 cm³/mol. The number of allylic oxidation sites excluding steroid dienone is 2. The number of rotatable bonds is 2. The van der Waals surface area contributed by atoms with E-state index in [0.717, 1.165) is 18.0 Å². The number of nitrogens with one attached hydrogen (secondary N) is 2. The molecule has 2 heterocycles. The van der Waals surface area contributed by atoms with Crippen LogP contribution >= 0.6 is 0 Å². The molecule has 1 saturated carbocycles. The zero-order chi connectivity index (χ0) is 11.4. The van der Waals surface area contributed by atoms with E-state index in [1.54, 1.807) is 0 Å². The third-order valence-electron chi connectivity index (χ3n) is 3.87. The van der Waals surface area contributed by atoms with Crippen molar-refractivity contribution in [3.05, 3.63) is 23.4 Å². The Bertz CT molecular complexity index is 581. The number of tetrazole rings is 1. The standard InChI is InChI=1S/C11H12N6/c1-2-3-5-6-4-7-9(8(5)6)12-13-10(7)11-14-16-17-15-11/h2-3,5-6,8H,4H2,1H3,(H,12,13)(H,14,15,16,17)/b3-2+/t5?,6-,8-/m0/s1. The normalized spacial score (nSPS) is 29.6. The van der Waals surface area contributed by atoms with Gasteiger partial charge in [0.25, 0.3) is 0 Å². The molecular weight excluding hydrogens is 216 g/mol. The van der Waals surface area contributed by atoms with Crippen LogP contribution in [0.15, 0.2) is 12.2 Å². The van der Waals surface area contributed by atoms with E-state index in [4.69, 9.17) is 0 Å². The van der Waals surface area contributed by atoms with E-state index in [0.29, 0.717) is 17.7 Å². The first kappa shape index (κ1) is 9.09. The Morgan fingerprint density at radius 1 is 1.35 bits per heavy atom. The van der Waals surface area contributed by atoms with Crippen LogP contribution in [0.1, 0.15) is 24.1 Å². The van der Waals surface area contributed by atoms with Gasteiger partial charge in [0.15, 0.2) is 0 Å². The van der Waals surface area contributed by atoms with Gasteiger partial charge in [-0.1, -0.05) is 12.2 Å². The topological polar surface area (TPSA) is 83.1 Å². The van der Waals surface area contributed by atoms with Gasteiger partial charge in [-0.2, -0.15) is 10.3 Å². The Labute approximate surface area is 97.5 Å². The van der Waals surface area contributed by atoms with Gasteiger partial charge in [-0.3, -0.25) is 5.10 Å². The second-order valence-electron chi connectivity index (χ2n) is 4.70. The summed E-state index contributed by atoms with van der Waals surface area (Å²) in [5.41, 5.74) is 3.42. The summed E-state index contributed by atoms with van der Waals surface area (Å²) >= 11 is 0. The van der Waals surface area contributed by atoms with Crippen molar-refractivity contribution in [2.75, 3.05) is 0 Å². The number of aromatic amines is 2. The number of fused-ring (bicyclic) bond motifs is 3. The van der Waals surface area contributed by atoms with Crippen molar-refractivity contribution in [3.8, 4) is 11.5 Å². The van der Waals surface area contributed by atoms with Gasteiger partial charge in [0.05, 0.1) is 0 Å². The highest BCUT2D eigenvalue weighted by molar-refractivity contribution is 5.60. The highest BCUT2D eigenvalue weighted by atomic mass is 15.5. The van der Waals surface area contributed by atoms with Gasteiger partial charge in [0, 0.05) is 17.2 Å². The van der Waals surface area contributed by atoms with Crippen LogP contribution < -0.4 is 0 Å². The summed E-state index contributed by atoms with van der Waals surface area (Å²) in [5, 5.41) is 21.5. The maximum absolute atomic E-state index is 4.32. The summed E-state index contributed by atoms with van der Waals surface area (Å²) in [7, 11) is 0. The summed E-state index contributed by atoms with van der Waals surface area (Å²) in [5.74, 6) is 2.67. The van der Waals surface area contributed by atoms with E-state index in [-0.39, 0.29) is 0 Å². The molecule has 1 unspecified atom stereocenters. The molecule has 2 aromatic rings. The zero-order valence-electron chi connectivity index (χ0n) is 9.38. The third-order valence-corrected chi connectivity index (χ3v) is 3.87. The van der Waals surface area contributed by atoms with Crippen molar-refractivity contribution in [2.24, 2.45) is 11.8 Å². The number of aromatic nitrogens is 6. The highest BCUT2D eigenvalue weighted by Gasteiger charge is 2.56. The van der Waals surface area contributed by atoms with Crippen molar-refractivity contribution in [1.29, 1.82) is 0 Å². The Hall–Kier alpha value is -1.98. The fourth-order valence-electron chi connectivity index (χ4n) is 3.10. The van der Waals surface area contributed by atoms with Crippen molar-refractivity contribution in [1.82, 2.24) is 30.8 Å². The van der Waals surface area contributed by atoms with Gasteiger partial charge >= 0.3 is 0 Å². The molecule has 2 aliphatic carbocycles. The monoisotopic (exact) mass is 228 g/mol. The van der Waals surface area contributed by atoms with Gasteiger partial charge in [0.1, 0.15) is 5.69 Å². The quantitative estimate of drug-likeness (QED) is 0.752. The first-order valence-electron chi connectivity index (χ1n) is 5.84. The summed E-state index contributed by atoms with van der Waals surface area (Å²) < 4.78 is 0. The number of nitrogens with zero attached hydrogens (tertiary/aromatic N) is 4. The lowest BCUT2D eigenvalue weighted by Crippen LogP contribution is -1.92. The van der Waals surface area contributed by atoms with Crippen LogP contribution in [0.3, 0.4) is 0 Å². The molecule has 0 saturated heterocycles. The largest absolute Gasteiger partial charge is 0.281 e. The molecule has 0 spiro atoms. The molecule has 0 amide bonds. The molecule has 1 fully saturated rings. The molecule has 4 rings (SSSR count). The summed E-state index contributed by atoms with van der Waals surface area (Å²) in [6, 6.07) is 0. The van der Waals surface area contributed by atoms with Crippen LogP contribution in [-0.4, -0.2) is 30.8 Å². The van der Waals surface area contributed by atoms with Gasteiger partial charge in [0.2, 0.25) is 5.82 Å². The molecule has 0 radical (unpaired) electrons. The average Bonchev–Trinajstić information content (AvgIpc) is 2.82. The first-order valence-corrected chi connectivity index (χ1v) is 5.84. The van der Waals surface area contributed by atoms with Gasteiger partial charge in [-0.15, -0.1) is 10.2 Å². The summed E-state index contributed by atoms with van der Waals surface area (Å²) in [4.78, 5) is 0. The van der Waals surface area contributed by atoms with E-state index in [1.165, 1.54) is 11.3 Å². The smallest absolute Gasteiger partial charge is 0.225 e. The van der Waals surface area contributed by atoms with Gasteiger partial charge in [-0.25, -0.2) is 0 Å². The van der Waals surface area contributed by atoms with E-state index in [9.17, 15) is 0 Å². The maximum atomic E-state index is 4.32. The van der Waals surface area contributed by atoms with Crippen molar-refractivity contribution < 1.29 is 0 Å². The molecule has 6 nitrogen and oxygen atoms in total. The minimum atomic E-state index is 0.589. The number of hydrogen-bond acceptors (Lipinski definition) is 4. The SMILES string of the molecule is C/C=C/C1[C@@H]2Cc3c(-c4nn[nH]n4)n[nH]c3[C@@H]12. The minimum Gasteiger partial charge on any atom is -0.281 e. The Morgan fingerprint density at radius 3 is 3.06 bits per heavy atom. The number of H-pyrrole nitrogens is 2. The van der Waals surface area contributed by atoms with Gasteiger partial charge < -0.3 is 0 Å². The lowest BCUT2D eigenvalue weighted by molar-refractivity contribution is 0.797. The van der Waals surface area contributed by atoms with Crippen molar-refractivity contribution in [3.63, 3.8) is 0 Å². The molecule has 17 heavy (non-hydrogen) atoms. The average molecular weight is 228 g/mol. The lowest BCUT2D eigenvalue weighted by atomic mass is 10.1. The van der Waals surface area contributed by atoms with Crippen LogP contribution in [0.2, 0.25) is 0 Å². The molecule has 3 atom stereocenters. The molecule has 0 bridgehead atoms. The summed E-state index contributed by atoms with van der Waals surface area (Å²) in [6.07, 6.45) is 5.52. The molecule has 2 aliphatic rings. The molecule has 86 valence electrons. The van der Waals surface area contributed by atoms with E-state index < -0.39 is 0 Å². The fourth-order valence-corrected chi connectivity index (χ4v) is 3.10. The first-order chi connectivity index (χ1) is 8.40. The van der Waals surface area contributed by atoms with Crippen molar-refractivity contribution >= 4 is 0 Å². The Morgan fingerprint density at radius 2 is 2.29 bits per heavy atom. The van der Waals surface area contributed by atoms with Crippen LogP contribution in [0.5, 0.6) is 0 Å². The maximum Gasteiger partial charge on any atom is 0.225 e. The molecule has 2 N–H and O–H groups in total. The summed E-state index contributed by atoms with van der Waals surface area (Å²) in [6.45, 7) is 2.08. The molecule has 0 aromatic carbocycles. The second-order valence-corrected chi connectivity index (χ2v) is 4.70. The highest BCUT2D eigenvalue weighted by Crippen LogP contribution is 2.62. The van der Waals surface area contributed by atoms with E-state index >= 15 is 0 Å². The molecule has 2 aromatic heterocycles. The lowest BCUT2D eigenvalue weighted by Gasteiger charge is -1.98. The van der Waals surface area contributed by atoms with Crippen LogP contribution in [0.25, 0.3) is 11.5 Å². The zero-order valence-corrected chi connectivity index (χ0v) is 9.38. The minimum absolute atomic E-state index is 0.589. The predicted octanol–water partition coefficient (Wildman–Crippen LogP) is 1.05. The van der Waals surface area contributed by atoms with Crippen LogP contribution in [-0.2, 0) is 6.42 Å². The molecule has 0 aliphatic heterocycles. The molecule has 6 heteroatoms. The fraction of sp³-hybridized carbons (Fsp3) is 0.455. The third kappa shape index (κ3) is 1.09. The number of hydrogen-bond donors (Lipinski definition) is 2. The van der Waals surface area contributed by atoms with Crippen LogP contribution in [0.4, 0.5) is 0 Å². The van der Waals surface area contributed by atoms with Crippen molar-refractivity contribution in [2.45, 2.75) is 19.3 Å². The van der Waals surface area contributed by atoms with E-state index in [2.05, 4.69) is 49.9 Å².